The molecule has 1 aromatic carbocycles. The van der Waals surface area contributed by atoms with Crippen LogP contribution >= 0.6 is 23.2 Å². The summed E-state index contributed by atoms with van der Waals surface area (Å²) in [4.78, 5) is 18.5. The van der Waals surface area contributed by atoms with Crippen LogP contribution in [-0.4, -0.2) is 17.4 Å². The van der Waals surface area contributed by atoms with Gasteiger partial charge < -0.3 is 4.90 Å². The van der Waals surface area contributed by atoms with E-state index in [1.165, 1.54) is 11.8 Å². The summed E-state index contributed by atoms with van der Waals surface area (Å²) in [6.07, 6.45) is 3.43. The molecule has 0 N–H and O–H groups in total. The van der Waals surface area contributed by atoms with Crippen molar-refractivity contribution in [1.29, 1.82) is 0 Å². The molecule has 1 aliphatic heterocycles. The topological polar surface area (TPSA) is 33.2 Å². The molecule has 1 aliphatic rings. The maximum Gasteiger partial charge on any atom is 0.259 e. The lowest BCUT2D eigenvalue weighted by Crippen LogP contribution is -2.36. The van der Waals surface area contributed by atoms with Crippen LogP contribution in [0.25, 0.3) is 0 Å². The standard InChI is InChI=1S/C16H14Cl2N2O/c1-10-4-2-5-11-6-3-7-20(14(10)11)16(21)12-8-13(17)15(18)19-9-12/h2,4-5,8-9H,3,6-7H2,1H3. The van der Waals surface area contributed by atoms with E-state index in [1.807, 2.05) is 24.0 Å². The molecule has 0 spiro atoms. The second kappa shape index (κ2) is 5.66. The number of anilines is 1. The lowest BCUT2D eigenvalue weighted by Gasteiger charge is -2.31. The number of halogens is 2. The van der Waals surface area contributed by atoms with Crippen LogP contribution in [0.2, 0.25) is 10.2 Å². The van der Waals surface area contributed by atoms with Crippen molar-refractivity contribution < 1.29 is 4.79 Å². The van der Waals surface area contributed by atoms with Gasteiger partial charge in [0.05, 0.1) is 16.3 Å². The van der Waals surface area contributed by atoms with E-state index in [1.54, 1.807) is 6.07 Å². The minimum absolute atomic E-state index is 0.0867. The number of fused-ring (bicyclic) bond motifs is 1. The molecule has 0 radical (unpaired) electrons. The Balaban J connectivity index is 2.02. The van der Waals surface area contributed by atoms with Crippen LogP contribution in [0.3, 0.4) is 0 Å². The molecule has 1 amide bonds. The maximum absolute atomic E-state index is 12.8. The van der Waals surface area contributed by atoms with Gasteiger partial charge in [-0.3, -0.25) is 4.79 Å². The molecule has 5 heteroatoms. The highest BCUT2D eigenvalue weighted by Crippen LogP contribution is 2.32. The van der Waals surface area contributed by atoms with Crippen molar-refractivity contribution in [3.63, 3.8) is 0 Å². The SMILES string of the molecule is Cc1cccc2c1N(C(=O)c1cnc(Cl)c(Cl)c1)CCC2. The average molecular weight is 321 g/mol. The second-order valence-electron chi connectivity index (χ2n) is 5.14. The van der Waals surface area contributed by atoms with Crippen LogP contribution in [-0.2, 0) is 6.42 Å². The Kier molecular flexibility index (Phi) is 3.87. The number of nitrogens with zero attached hydrogens (tertiary/aromatic N) is 2. The zero-order chi connectivity index (χ0) is 15.0. The van der Waals surface area contributed by atoms with Crippen molar-refractivity contribution in [2.45, 2.75) is 19.8 Å². The fourth-order valence-electron chi connectivity index (χ4n) is 2.74. The van der Waals surface area contributed by atoms with Gasteiger partial charge >= 0.3 is 0 Å². The first-order valence-electron chi connectivity index (χ1n) is 6.79. The van der Waals surface area contributed by atoms with Crippen LogP contribution in [0.15, 0.2) is 30.5 Å². The van der Waals surface area contributed by atoms with Crippen molar-refractivity contribution in [2.75, 3.05) is 11.4 Å². The Morgan fingerprint density at radius 3 is 2.90 bits per heavy atom. The Bertz CT molecular complexity index is 715. The molecule has 0 atom stereocenters. The van der Waals surface area contributed by atoms with Gasteiger partial charge in [0.2, 0.25) is 0 Å². The van der Waals surface area contributed by atoms with Crippen LogP contribution in [0.4, 0.5) is 5.69 Å². The van der Waals surface area contributed by atoms with Gasteiger partial charge in [-0.1, -0.05) is 41.4 Å². The van der Waals surface area contributed by atoms with Gasteiger partial charge in [-0.15, -0.1) is 0 Å². The van der Waals surface area contributed by atoms with Gasteiger partial charge in [0.1, 0.15) is 5.15 Å². The molecule has 3 rings (SSSR count). The number of aromatic nitrogens is 1. The van der Waals surface area contributed by atoms with Crippen molar-refractivity contribution in [1.82, 2.24) is 4.98 Å². The molecule has 2 heterocycles. The van der Waals surface area contributed by atoms with E-state index in [9.17, 15) is 4.79 Å². The number of hydrogen-bond acceptors (Lipinski definition) is 2. The molecule has 0 aliphatic carbocycles. The molecular formula is C16H14Cl2N2O. The molecule has 2 aromatic rings. The molecule has 0 unspecified atom stereocenters. The van der Waals surface area contributed by atoms with Gasteiger partial charge in [-0.25, -0.2) is 4.98 Å². The van der Waals surface area contributed by atoms with Gasteiger partial charge in [0.15, 0.2) is 0 Å². The van der Waals surface area contributed by atoms with Crippen molar-refractivity contribution in [2.24, 2.45) is 0 Å². The molecule has 1 aromatic heterocycles. The number of benzene rings is 1. The third-order valence-corrected chi connectivity index (χ3v) is 4.39. The highest BCUT2D eigenvalue weighted by Gasteiger charge is 2.25. The lowest BCUT2D eigenvalue weighted by molar-refractivity contribution is 0.0984. The van der Waals surface area contributed by atoms with E-state index in [2.05, 4.69) is 11.1 Å². The lowest BCUT2D eigenvalue weighted by atomic mass is 9.97. The van der Waals surface area contributed by atoms with Crippen LogP contribution in [0.1, 0.15) is 27.9 Å². The zero-order valence-electron chi connectivity index (χ0n) is 11.6. The second-order valence-corrected chi connectivity index (χ2v) is 5.90. The molecule has 0 bridgehead atoms. The molecular weight excluding hydrogens is 307 g/mol. The normalized spacial score (nSPS) is 14.0. The molecule has 3 nitrogen and oxygen atoms in total. The Morgan fingerprint density at radius 1 is 1.33 bits per heavy atom. The van der Waals surface area contributed by atoms with E-state index < -0.39 is 0 Å². The summed E-state index contributed by atoms with van der Waals surface area (Å²) in [7, 11) is 0. The first kappa shape index (κ1) is 14.4. The van der Waals surface area contributed by atoms with Crippen LogP contribution in [0, 0.1) is 6.92 Å². The predicted molar refractivity (Wildman–Crippen MR) is 85.4 cm³/mol. The fraction of sp³-hybridized carbons (Fsp3) is 0.250. The highest BCUT2D eigenvalue weighted by atomic mass is 35.5. The predicted octanol–water partition coefficient (Wildman–Crippen LogP) is 4.29. The van der Waals surface area contributed by atoms with Crippen molar-refractivity contribution in [3.05, 3.63) is 57.3 Å². The number of hydrogen-bond donors (Lipinski definition) is 0. The monoisotopic (exact) mass is 320 g/mol. The number of carbonyl (C=O) groups excluding carboxylic acids is 1. The third-order valence-electron chi connectivity index (χ3n) is 3.71. The average Bonchev–Trinajstić information content (AvgIpc) is 2.49. The van der Waals surface area contributed by atoms with E-state index in [4.69, 9.17) is 23.2 Å². The maximum atomic E-state index is 12.8. The number of amides is 1. The van der Waals surface area contributed by atoms with Crippen molar-refractivity contribution in [3.8, 4) is 0 Å². The van der Waals surface area contributed by atoms with Gasteiger partial charge in [-0.2, -0.15) is 0 Å². The summed E-state index contributed by atoms with van der Waals surface area (Å²) in [5.74, 6) is -0.0867. The van der Waals surface area contributed by atoms with Crippen molar-refractivity contribution >= 4 is 34.8 Å². The van der Waals surface area contributed by atoms with E-state index in [0.29, 0.717) is 17.1 Å². The molecule has 0 saturated heterocycles. The molecule has 0 fully saturated rings. The largest absolute Gasteiger partial charge is 0.308 e. The summed E-state index contributed by atoms with van der Waals surface area (Å²) in [5.41, 5.74) is 3.79. The van der Waals surface area contributed by atoms with E-state index in [0.717, 1.165) is 24.1 Å². The van der Waals surface area contributed by atoms with E-state index in [-0.39, 0.29) is 11.1 Å². The number of carbonyl (C=O) groups is 1. The quantitative estimate of drug-likeness (QED) is 0.734. The number of para-hydroxylation sites is 1. The number of aryl methyl sites for hydroxylation is 2. The summed E-state index contributed by atoms with van der Waals surface area (Å²) in [6.45, 7) is 2.73. The highest BCUT2D eigenvalue weighted by molar-refractivity contribution is 6.41. The summed E-state index contributed by atoms with van der Waals surface area (Å²) >= 11 is 11.8. The zero-order valence-corrected chi connectivity index (χ0v) is 13.1. The summed E-state index contributed by atoms with van der Waals surface area (Å²) in [6, 6.07) is 7.71. The van der Waals surface area contributed by atoms with Gasteiger partial charge in [-0.05, 0) is 37.0 Å². The van der Waals surface area contributed by atoms with Crippen LogP contribution in [0.5, 0.6) is 0 Å². The molecule has 108 valence electrons. The Hall–Kier alpha value is -1.58. The third kappa shape index (κ3) is 2.63. The fourth-order valence-corrected chi connectivity index (χ4v) is 3.01. The Morgan fingerprint density at radius 2 is 2.14 bits per heavy atom. The Labute approximate surface area is 133 Å². The van der Waals surface area contributed by atoms with Crippen LogP contribution < -0.4 is 4.90 Å². The smallest absolute Gasteiger partial charge is 0.259 e. The first-order chi connectivity index (χ1) is 10.1. The number of pyridine rings is 1. The van der Waals surface area contributed by atoms with Gasteiger partial charge in [0, 0.05) is 12.7 Å². The molecule has 0 saturated carbocycles. The minimum Gasteiger partial charge on any atom is -0.308 e. The summed E-state index contributed by atoms with van der Waals surface area (Å²) in [5, 5.41) is 0.507. The minimum atomic E-state index is -0.0867. The first-order valence-corrected chi connectivity index (χ1v) is 7.55. The number of rotatable bonds is 1. The molecule has 21 heavy (non-hydrogen) atoms. The van der Waals surface area contributed by atoms with Gasteiger partial charge in [0.25, 0.3) is 5.91 Å². The summed E-state index contributed by atoms with van der Waals surface area (Å²) < 4.78 is 0. The van der Waals surface area contributed by atoms with E-state index >= 15 is 0 Å².